The molecule has 1 unspecified atom stereocenters. The number of carbonyl (C=O) groups is 1. The average molecular weight is 270 g/mol. The molecule has 0 aromatic heterocycles. The lowest BCUT2D eigenvalue weighted by Crippen LogP contribution is -2.48. The SMILES string of the molecule is COCCCNC(=O)C(C)N[C@@H](C)C1CCCCC1. The normalized spacial score (nSPS) is 19.9. The second kappa shape index (κ2) is 9.32. The minimum Gasteiger partial charge on any atom is -0.385 e. The molecule has 1 rings (SSSR count). The first-order valence-electron chi connectivity index (χ1n) is 7.68. The lowest BCUT2D eigenvalue weighted by molar-refractivity contribution is -0.123. The van der Waals surface area contributed by atoms with Crippen molar-refractivity contribution in [2.45, 2.75) is 64.5 Å². The first-order chi connectivity index (χ1) is 9.15. The number of amides is 1. The molecule has 0 aromatic rings. The molecular formula is C15H30N2O2. The molecule has 2 N–H and O–H groups in total. The quantitative estimate of drug-likeness (QED) is 0.664. The summed E-state index contributed by atoms with van der Waals surface area (Å²) in [5.41, 5.74) is 0. The number of ether oxygens (including phenoxy) is 1. The van der Waals surface area contributed by atoms with Crippen LogP contribution in [0.5, 0.6) is 0 Å². The fraction of sp³-hybridized carbons (Fsp3) is 0.933. The molecule has 112 valence electrons. The Morgan fingerprint density at radius 3 is 2.58 bits per heavy atom. The first-order valence-corrected chi connectivity index (χ1v) is 7.68. The minimum atomic E-state index is -0.112. The van der Waals surface area contributed by atoms with Gasteiger partial charge in [0.25, 0.3) is 0 Å². The monoisotopic (exact) mass is 270 g/mol. The summed E-state index contributed by atoms with van der Waals surface area (Å²) in [6, 6.07) is 0.319. The molecule has 1 aliphatic rings. The highest BCUT2D eigenvalue weighted by molar-refractivity contribution is 5.81. The molecule has 4 heteroatoms. The van der Waals surface area contributed by atoms with Crippen LogP contribution in [0.1, 0.15) is 52.4 Å². The molecule has 0 aliphatic heterocycles. The molecule has 1 saturated carbocycles. The second-order valence-electron chi connectivity index (χ2n) is 5.71. The van der Waals surface area contributed by atoms with Gasteiger partial charge in [0, 0.05) is 26.3 Å². The van der Waals surface area contributed by atoms with E-state index in [0.29, 0.717) is 19.2 Å². The molecule has 1 aliphatic carbocycles. The van der Waals surface area contributed by atoms with E-state index in [4.69, 9.17) is 4.74 Å². The molecule has 2 atom stereocenters. The Bertz CT molecular complexity index is 253. The van der Waals surface area contributed by atoms with Crippen molar-refractivity contribution in [1.29, 1.82) is 0 Å². The largest absolute Gasteiger partial charge is 0.385 e. The Morgan fingerprint density at radius 2 is 1.95 bits per heavy atom. The third-order valence-corrected chi connectivity index (χ3v) is 4.09. The van der Waals surface area contributed by atoms with Crippen molar-refractivity contribution in [2.75, 3.05) is 20.3 Å². The fourth-order valence-corrected chi connectivity index (χ4v) is 2.82. The second-order valence-corrected chi connectivity index (χ2v) is 5.71. The average Bonchev–Trinajstić information content (AvgIpc) is 2.44. The van der Waals surface area contributed by atoms with Crippen molar-refractivity contribution in [1.82, 2.24) is 10.6 Å². The summed E-state index contributed by atoms with van der Waals surface area (Å²) < 4.78 is 4.96. The summed E-state index contributed by atoms with van der Waals surface area (Å²) in [6.45, 7) is 5.55. The van der Waals surface area contributed by atoms with Crippen LogP contribution in [0, 0.1) is 5.92 Å². The molecule has 0 heterocycles. The van der Waals surface area contributed by atoms with Crippen LogP contribution in [0.2, 0.25) is 0 Å². The van der Waals surface area contributed by atoms with E-state index in [9.17, 15) is 4.79 Å². The number of carbonyl (C=O) groups excluding carboxylic acids is 1. The molecule has 1 amide bonds. The van der Waals surface area contributed by atoms with Crippen LogP contribution in [0.25, 0.3) is 0 Å². The van der Waals surface area contributed by atoms with E-state index in [1.807, 2.05) is 6.92 Å². The minimum absolute atomic E-state index is 0.0961. The maximum absolute atomic E-state index is 11.9. The standard InChI is InChI=1S/C15H30N2O2/c1-12(14-8-5-4-6-9-14)17-13(2)15(18)16-10-7-11-19-3/h12-14,17H,4-11H2,1-3H3,(H,16,18)/t12-,13?/m0/s1. The molecule has 0 bridgehead atoms. The van der Waals surface area contributed by atoms with E-state index in [2.05, 4.69) is 17.6 Å². The first kappa shape index (κ1) is 16.4. The van der Waals surface area contributed by atoms with Gasteiger partial charge in [-0.15, -0.1) is 0 Å². The summed E-state index contributed by atoms with van der Waals surface area (Å²) >= 11 is 0. The van der Waals surface area contributed by atoms with Gasteiger partial charge in [-0.3, -0.25) is 4.79 Å². The van der Waals surface area contributed by atoms with Crippen LogP contribution in [-0.2, 0) is 9.53 Å². The Kier molecular flexibility index (Phi) is 8.07. The van der Waals surface area contributed by atoms with E-state index < -0.39 is 0 Å². The number of methoxy groups -OCH3 is 1. The van der Waals surface area contributed by atoms with Crippen LogP contribution in [0.15, 0.2) is 0 Å². The predicted molar refractivity (Wildman–Crippen MR) is 78.1 cm³/mol. The van der Waals surface area contributed by atoms with Gasteiger partial charge in [0.05, 0.1) is 6.04 Å². The van der Waals surface area contributed by atoms with Crippen LogP contribution in [0.4, 0.5) is 0 Å². The van der Waals surface area contributed by atoms with Crippen molar-refractivity contribution in [3.05, 3.63) is 0 Å². The van der Waals surface area contributed by atoms with Crippen molar-refractivity contribution >= 4 is 5.91 Å². The zero-order valence-corrected chi connectivity index (χ0v) is 12.7. The van der Waals surface area contributed by atoms with Gasteiger partial charge in [0.15, 0.2) is 0 Å². The van der Waals surface area contributed by atoms with E-state index in [-0.39, 0.29) is 11.9 Å². The highest BCUT2D eigenvalue weighted by Crippen LogP contribution is 2.26. The van der Waals surface area contributed by atoms with E-state index in [0.717, 1.165) is 12.3 Å². The number of nitrogens with one attached hydrogen (secondary N) is 2. The zero-order chi connectivity index (χ0) is 14.1. The van der Waals surface area contributed by atoms with Crippen LogP contribution in [-0.4, -0.2) is 38.3 Å². The number of rotatable bonds is 8. The topological polar surface area (TPSA) is 50.4 Å². The molecule has 4 nitrogen and oxygen atoms in total. The van der Waals surface area contributed by atoms with Gasteiger partial charge in [-0.1, -0.05) is 19.3 Å². The van der Waals surface area contributed by atoms with Gasteiger partial charge in [-0.2, -0.15) is 0 Å². The van der Waals surface area contributed by atoms with Crippen LogP contribution < -0.4 is 10.6 Å². The fourth-order valence-electron chi connectivity index (χ4n) is 2.82. The zero-order valence-electron chi connectivity index (χ0n) is 12.7. The molecule has 0 aromatic carbocycles. The Morgan fingerprint density at radius 1 is 1.26 bits per heavy atom. The highest BCUT2D eigenvalue weighted by Gasteiger charge is 2.23. The van der Waals surface area contributed by atoms with Gasteiger partial charge in [-0.25, -0.2) is 0 Å². The summed E-state index contributed by atoms with van der Waals surface area (Å²) in [7, 11) is 1.68. The lowest BCUT2D eigenvalue weighted by atomic mass is 9.84. The number of hydrogen-bond donors (Lipinski definition) is 2. The summed E-state index contributed by atoms with van der Waals surface area (Å²) in [6.07, 6.45) is 7.53. The van der Waals surface area contributed by atoms with Crippen molar-refractivity contribution in [3.8, 4) is 0 Å². The molecule has 19 heavy (non-hydrogen) atoms. The number of hydrogen-bond acceptors (Lipinski definition) is 3. The van der Waals surface area contributed by atoms with Gasteiger partial charge in [-0.05, 0) is 39.0 Å². The summed E-state index contributed by atoms with van der Waals surface area (Å²) in [5.74, 6) is 0.830. The Hall–Kier alpha value is -0.610. The highest BCUT2D eigenvalue weighted by atomic mass is 16.5. The van der Waals surface area contributed by atoms with Gasteiger partial charge in [0.2, 0.25) is 5.91 Å². The smallest absolute Gasteiger partial charge is 0.236 e. The summed E-state index contributed by atoms with van der Waals surface area (Å²) in [4.78, 5) is 11.9. The third kappa shape index (κ3) is 6.39. The molecule has 0 saturated heterocycles. The third-order valence-electron chi connectivity index (χ3n) is 4.09. The van der Waals surface area contributed by atoms with E-state index >= 15 is 0 Å². The molecular weight excluding hydrogens is 240 g/mol. The van der Waals surface area contributed by atoms with Gasteiger partial charge in [0.1, 0.15) is 0 Å². The van der Waals surface area contributed by atoms with Crippen molar-refractivity contribution in [3.63, 3.8) is 0 Å². The molecule has 1 fully saturated rings. The van der Waals surface area contributed by atoms with Crippen molar-refractivity contribution < 1.29 is 9.53 Å². The van der Waals surface area contributed by atoms with E-state index in [1.165, 1.54) is 32.1 Å². The summed E-state index contributed by atoms with van der Waals surface area (Å²) in [5, 5.41) is 6.39. The van der Waals surface area contributed by atoms with E-state index in [1.54, 1.807) is 7.11 Å². The lowest BCUT2D eigenvalue weighted by Gasteiger charge is -2.30. The maximum atomic E-state index is 11.9. The van der Waals surface area contributed by atoms with Crippen LogP contribution >= 0.6 is 0 Å². The maximum Gasteiger partial charge on any atom is 0.236 e. The Balaban J connectivity index is 2.20. The van der Waals surface area contributed by atoms with Crippen LogP contribution in [0.3, 0.4) is 0 Å². The molecule has 0 radical (unpaired) electrons. The predicted octanol–water partition coefficient (Wildman–Crippen LogP) is 2.09. The Labute approximate surface area is 117 Å². The molecule has 0 spiro atoms. The van der Waals surface area contributed by atoms with Crippen molar-refractivity contribution in [2.24, 2.45) is 5.92 Å². The van der Waals surface area contributed by atoms with Gasteiger partial charge >= 0.3 is 0 Å². The van der Waals surface area contributed by atoms with Gasteiger partial charge < -0.3 is 15.4 Å².